The molecule has 1 aliphatic rings. The van der Waals surface area contributed by atoms with Crippen molar-refractivity contribution >= 4 is 27.5 Å². The fourth-order valence-electron chi connectivity index (χ4n) is 3.30. The quantitative estimate of drug-likeness (QED) is 0.428. The number of nitrogens with one attached hydrogen (secondary N) is 1. The number of imidazole rings is 1. The number of likely N-dealkylation sites (N-methyl/N-ethyl adjacent to an activating group) is 1. The number of rotatable bonds is 6. The highest BCUT2D eigenvalue weighted by atomic mass is 32.2. The fourth-order valence-corrected chi connectivity index (χ4v) is 5.59. The Bertz CT molecular complexity index is 1240. The minimum atomic E-state index is -3.83. The third kappa shape index (κ3) is 4.67. The van der Waals surface area contributed by atoms with E-state index in [1.165, 1.54) is 28.6 Å². The van der Waals surface area contributed by atoms with E-state index >= 15 is 0 Å². The van der Waals surface area contributed by atoms with Gasteiger partial charge in [-0.2, -0.15) is 4.31 Å². The molecule has 0 radical (unpaired) electrons. The lowest BCUT2D eigenvalue weighted by atomic mass is 10.2. The first-order chi connectivity index (χ1) is 15.2. The number of piperazine rings is 1. The Balaban J connectivity index is 1.59. The van der Waals surface area contributed by atoms with Crippen molar-refractivity contribution in [2.24, 2.45) is 0 Å². The van der Waals surface area contributed by atoms with Gasteiger partial charge in [0.25, 0.3) is 5.69 Å². The molecule has 4 rings (SSSR count). The van der Waals surface area contributed by atoms with Gasteiger partial charge < -0.3 is 9.88 Å². The number of halogens is 1. The average Bonchev–Trinajstić information content (AvgIpc) is 3.23. The largest absolute Gasteiger partial charge is 0.333 e. The molecule has 12 heteroatoms. The average molecular weight is 478 g/mol. The lowest BCUT2D eigenvalue weighted by Crippen LogP contribution is -2.47. The third-order valence-electron chi connectivity index (χ3n) is 5.14. The topological polar surface area (TPSA) is 112 Å². The first kappa shape index (κ1) is 22.4. The van der Waals surface area contributed by atoms with Crippen LogP contribution < -0.4 is 0 Å². The lowest BCUT2D eigenvalue weighted by molar-refractivity contribution is -0.388. The molecule has 0 bridgehead atoms. The van der Waals surface area contributed by atoms with Crippen LogP contribution in [0.5, 0.6) is 0 Å². The van der Waals surface area contributed by atoms with Crippen LogP contribution >= 0.6 is 11.8 Å². The number of aromatic amines is 1. The van der Waals surface area contributed by atoms with E-state index in [1.807, 2.05) is 11.9 Å². The van der Waals surface area contributed by atoms with Crippen molar-refractivity contribution in [3.8, 4) is 11.3 Å². The number of hydrogen-bond donors (Lipinski definition) is 1. The third-order valence-corrected chi connectivity index (χ3v) is 8.00. The van der Waals surface area contributed by atoms with Crippen LogP contribution in [0, 0.1) is 15.9 Å². The summed E-state index contributed by atoms with van der Waals surface area (Å²) in [6, 6.07) is 9.74. The number of hydrogen-bond acceptors (Lipinski definition) is 7. The highest BCUT2D eigenvalue weighted by Gasteiger charge is 2.30. The molecule has 1 fully saturated rings. The van der Waals surface area contributed by atoms with Crippen molar-refractivity contribution in [3.05, 3.63) is 64.6 Å². The van der Waals surface area contributed by atoms with E-state index < -0.39 is 14.9 Å². The first-order valence-electron chi connectivity index (χ1n) is 9.70. The van der Waals surface area contributed by atoms with Crippen molar-refractivity contribution < 1.29 is 17.7 Å². The molecule has 1 aliphatic heterocycles. The van der Waals surface area contributed by atoms with Gasteiger partial charge in [-0.3, -0.25) is 10.1 Å². The molecule has 0 unspecified atom stereocenters. The summed E-state index contributed by atoms with van der Waals surface area (Å²) in [5.41, 5.74) is 1.03. The van der Waals surface area contributed by atoms with Crippen molar-refractivity contribution in [1.29, 1.82) is 0 Å². The molecule has 0 atom stereocenters. The summed E-state index contributed by atoms with van der Waals surface area (Å²) in [4.78, 5) is 20.5. The highest BCUT2D eigenvalue weighted by Crippen LogP contribution is 2.36. The summed E-state index contributed by atoms with van der Waals surface area (Å²) >= 11 is 1.02. The van der Waals surface area contributed by atoms with E-state index in [2.05, 4.69) is 9.97 Å². The van der Waals surface area contributed by atoms with Crippen molar-refractivity contribution in [3.63, 3.8) is 0 Å². The van der Waals surface area contributed by atoms with Crippen molar-refractivity contribution in [1.82, 2.24) is 19.2 Å². The van der Waals surface area contributed by atoms with Gasteiger partial charge >= 0.3 is 0 Å². The standard InChI is InChI=1S/C20H20FN5O4S2/c1-24-8-10-25(11-9-24)32(29,30)16-6-7-19(18(12-16)26(27)28)31-20-22-13-17(23-20)14-2-4-15(21)5-3-14/h2-7,12-13H,8-11H2,1H3,(H,22,23). The van der Waals surface area contributed by atoms with Gasteiger partial charge in [-0.15, -0.1) is 0 Å². The Morgan fingerprint density at radius 3 is 2.47 bits per heavy atom. The molecule has 0 saturated carbocycles. The van der Waals surface area contributed by atoms with Crippen LogP contribution in [-0.2, 0) is 10.0 Å². The number of H-pyrrole nitrogens is 1. The Labute approximate surface area is 188 Å². The molecule has 168 valence electrons. The molecule has 3 aromatic rings. The van der Waals surface area contributed by atoms with Crippen LogP contribution in [0.25, 0.3) is 11.3 Å². The van der Waals surface area contributed by atoms with E-state index in [0.29, 0.717) is 42.6 Å². The normalized spacial score (nSPS) is 15.7. The number of aromatic nitrogens is 2. The predicted molar refractivity (Wildman–Crippen MR) is 117 cm³/mol. The minimum Gasteiger partial charge on any atom is -0.333 e. The van der Waals surface area contributed by atoms with Crippen molar-refractivity contribution in [2.75, 3.05) is 33.2 Å². The summed E-state index contributed by atoms with van der Waals surface area (Å²) in [7, 11) is -1.91. The zero-order chi connectivity index (χ0) is 22.9. The molecule has 0 spiro atoms. The first-order valence-corrected chi connectivity index (χ1v) is 12.0. The van der Waals surface area contributed by atoms with Gasteiger partial charge in [0.2, 0.25) is 10.0 Å². The molecule has 0 amide bonds. The second-order valence-electron chi connectivity index (χ2n) is 7.30. The highest BCUT2D eigenvalue weighted by molar-refractivity contribution is 7.99. The zero-order valence-corrected chi connectivity index (χ0v) is 18.7. The van der Waals surface area contributed by atoms with E-state index in [9.17, 15) is 22.9 Å². The monoisotopic (exact) mass is 477 g/mol. The summed E-state index contributed by atoms with van der Waals surface area (Å²) in [6.07, 6.45) is 1.55. The van der Waals surface area contributed by atoms with E-state index in [0.717, 1.165) is 17.8 Å². The summed E-state index contributed by atoms with van der Waals surface area (Å²) in [5, 5.41) is 12.1. The number of nitro groups is 1. The second kappa shape index (κ2) is 8.98. The molecule has 32 heavy (non-hydrogen) atoms. The van der Waals surface area contributed by atoms with Gasteiger partial charge in [0.15, 0.2) is 5.16 Å². The van der Waals surface area contributed by atoms with Crippen LogP contribution in [0.2, 0.25) is 0 Å². The van der Waals surface area contributed by atoms with Gasteiger partial charge in [0.05, 0.1) is 26.6 Å². The van der Waals surface area contributed by atoms with Crippen LogP contribution in [-0.4, -0.2) is 65.7 Å². The van der Waals surface area contributed by atoms with Crippen LogP contribution in [0.3, 0.4) is 0 Å². The van der Waals surface area contributed by atoms with Crippen LogP contribution in [0.15, 0.2) is 63.6 Å². The summed E-state index contributed by atoms with van der Waals surface area (Å²) < 4.78 is 40.4. The fraction of sp³-hybridized carbons (Fsp3) is 0.250. The zero-order valence-electron chi connectivity index (χ0n) is 17.1. The number of nitro benzene ring substituents is 1. The molecular weight excluding hydrogens is 457 g/mol. The summed E-state index contributed by atoms with van der Waals surface area (Å²) in [5.74, 6) is -0.356. The molecule has 1 aromatic heterocycles. The Kier molecular flexibility index (Phi) is 6.29. The maximum Gasteiger partial charge on any atom is 0.284 e. The number of nitrogens with zero attached hydrogens (tertiary/aromatic N) is 4. The Hall–Kier alpha value is -2.80. The van der Waals surface area contributed by atoms with Gasteiger partial charge in [0, 0.05) is 32.2 Å². The lowest BCUT2D eigenvalue weighted by Gasteiger charge is -2.31. The Morgan fingerprint density at radius 1 is 1.12 bits per heavy atom. The van der Waals surface area contributed by atoms with E-state index in [1.54, 1.807) is 18.3 Å². The molecule has 2 aromatic carbocycles. The molecule has 0 aliphatic carbocycles. The molecule has 9 nitrogen and oxygen atoms in total. The van der Waals surface area contributed by atoms with Gasteiger partial charge in [-0.05, 0) is 60.8 Å². The van der Waals surface area contributed by atoms with Gasteiger partial charge in [0.1, 0.15) is 5.82 Å². The van der Waals surface area contributed by atoms with Gasteiger partial charge in [-0.1, -0.05) is 0 Å². The predicted octanol–water partition coefficient (Wildman–Crippen LogP) is 3.21. The number of sulfonamides is 1. The Morgan fingerprint density at radius 2 is 1.81 bits per heavy atom. The van der Waals surface area contributed by atoms with Crippen LogP contribution in [0.4, 0.5) is 10.1 Å². The molecular formula is C20H20FN5O4S2. The van der Waals surface area contributed by atoms with Crippen LogP contribution in [0.1, 0.15) is 0 Å². The van der Waals surface area contributed by atoms with E-state index in [4.69, 9.17) is 0 Å². The second-order valence-corrected chi connectivity index (χ2v) is 10.3. The summed E-state index contributed by atoms with van der Waals surface area (Å²) in [6.45, 7) is 1.87. The SMILES string of the molecule is CN1CCN(S(=O)(=O)c2ccc(Sc3ncc(-c4ccc(F)cc4)[nH]3)c([N+](=O)[O-])c2)CC1. The number of benzene rings is 2. The van der Waals surface area contributed by atoms with E-state index in [-0.39, 0.29) is 21.3 Å². The van der Waals surface area contributed by atoms with Gasteiger partial charge in [-0.25, -0.2) is 17.8 Å². The van der Waals surface area contributed by atoms with Crippen molar-refractivity contribution in [2.45, 2.75) is 14.9 Å². The smallest absolute Gasteiger partial charge is 0.284 e. The molecule has 1 saturated heterocycles. The maximum atomic E-state index is 13.1. The molecule has 2 heterocycles. The minimum absolute atomic E-state index is 0.107. The molecule has 1 N–H and O–H groups in total. The maximum absolute atomic E-state index is 13.1.